The Morgan fingerprint density at radius 3 is 2.74 bits per heavy atom. The number of benzene rings is 1. The monoisotopic (exact) mass is 257 g/mol. The molecule has 1 heterocycles. The molecule has 100 valence electrons. The van der Waals surface area contributed by atoms with E-state index in [4.69, 9.17) is 4.74 Å². The molecular formula is C16H19NO2. The Morgan fingerprint density at radius 1 is 1.16 bits per heavy atom. The highest BCUT2D eigenvalue weighted by molar-refractivity contribution is 5.88. The van der Waals surface area contributed by atoms with E-state index in [0.717, 1.165) is 59.2 Å². The highest BCUT2D eigenvalue weighted by Gasteiger charge is 2.17. The Labute approximate surface area is 112 Å². The lowest BCUT2D eigenvalue weighted by Gasteiger charge is -2.12. The summed E-state index contributed by atoms with van der Waals surface area (Å²) < 4.78 is 5.39. The van der Waals surface area contributed by atoms with Crippen molar-refractivity contribution in [1.82, 2.24) is 4.98 Å². The summed E-state index contributed by atoms with van der Waals surface area (Å²) in [6, 6.07) is 3.89. The quantitative estimate of drug-likeness (QED) is 0.798. The third kappa shape index (κ3) is 1.93. The number of pyridine rings is 1. The second kappa shape index (κ2) is 4.72. The summed E-state index contributed by atoms with van der Waals surface area (Å²) in [4.78, 5) is 16.2. The van der Waals surface area contributed by atoms with Crippen molar-refractivity contribution in [3.05, 3.63) is 39.2 Å². The molecule has 2 aromatic rings. The molecule has 0 atom stereocenters. The fourth-order valence-corrected chi connectivity index (χ4v) is 3.05. The van der Waals surface area contributed by atoms with Crippen molar-refractivity contribution in [3.8, 4) is 5.75 Å². The van der Waals surface area contributed by atoms with E-state index in [9.17, 15) is 4.79 Å². The summed E-state index contributed by atoms with van der Waals surface area (Å²) in [5, 5.41) is 0.792. The van der Waals surface area contributed by atoms with Crippen LogP contribution in [-0.2, 0) is 12.8 Å². The van der Waals surface area contributed by atoms with Gasteiger partial charge in [-0.25, -0.2) is 0 Å². The third-order valence-electron chi connectivity index (χ3n) is 4.09. The average molecular weight is 257 g/mol. The van der Waals surface area contributed by atoms with Crippen molar-refractivity contribution in [2.24, 2.45) is 0 Å². The number of fused-ring (bicyclic) bond motifs is 2. The molecule has 19 heavy (non-hydrogen) atoms. The molecule has 1 N–H and O–H groups in total. The molecule has 1 aliphatic rings. The van der Waals surface area contributed by atoms with Gasteiger partial charge >= 0.3 is 0 Å². The van der Waals surface area contributed by atoms with Gasteiger partial charge in [-0.1, -0.05) is 12.5 Å². The van der Waals surface area contributed by atoms with Crippen LogP contribution >= 0.6 is 0 Å². The molecule has 0 spiro atoms. The summed E-state index contributed by atoms with van der Waals surface area (Å²) in [5.41, 5.74) is 4.17. The molecule has 0 saturated heterocycles. The van der Waals surface area contributed by atoms with E-state index in [2.05, 4.69) is 4.98 Å². The lowest BCUT2D eigenvalue weighted by molar-refractivity contribution is 0.418. The topological polar surface area (TPSA) is 42.1 Å². The van der Waals surface area contributed by atoms with E-state index in [0.29, 0.717) is 0 Å². The van der Waals surface area contributed by atoms with Crippen LogP contribution in [-0.4, -0.2) is 12.1 Å². The number of aromatic nitrogens is 1. The predicted octanol–water partition coefficient (Wildman–Crippen LogP) is 3.11. The first-order chi connectivity index (χ1) is 9.22. The highest BCUT2D eigenvalue weighted by atomic mass is 16.5. The predicted molar refractivity (Wildman–Crippen MR) is 77.1 cm³/mol. The van der Waals surface area contributed by atoms with Crippen LogP contribution in [0.15, 0.2) is 16.9 Å². The van der Waals surface area contributed by atoms with Crippen LogP contribution < -0.4 is 10.2 Å². The number of methoxy groups -OCH3 is 1. The number of hydrogen-bond donors (Lipinski definition) is 1. The summed E-state index contributed by atoms with van der Waals surface area (Å²) in [6.45, 7) is 1.99. The maximum absolute atomic E-state index is 12.7. The normalized spacial score (nSPS) is 15.1. The van der Waals surface area contributed by atoms with E-state index in [1.165, 1.54) is 6.42 Å². The Bertz CT molecular complexity index is 685. The van der Waals surface area contributed by atoms with Crippen molar-refractivity contribution in [2.75, 3.05) is 7.11 Å². The van der Waals surface area contributed by atoms with Crippen LogP contribution in [0.25, 0.3) is 10.9 Å². The Morgan fingerprint density at radius 2 is 1.95 bits per heavy atom. The molecule has 1 aromatic carbocycles. The number of hydrogen-bond acceptors (Lipinski definition) is 2. The minimum absolute atomic E-state index is 0.196. The second-order valence-electron chi connectivity index (χ2n) is 5.31. The SMILES string of the molecule is COc1ccc(C)c2c(=O)c3c([nH]c12)CCCCC3. The molecule has 0 aliphatic heterocycles. The van der Waals surface area contributed by atoms with Crippen molar-refractivity contribution in [3.63, 3.8) is 0 Å². The van der Waals surface area contributed by atoms with Crippen molar-refractivity contribution < 1.29 is 4.74 Å². The van der Waals surface area contributed by atoms with Crippen molar-refractivity contribution in [1.29, 1.82) is 0 Å². The lowest BCUT2D eigenvalue weighted by Crippen LogP contribution is -2.15. The molecule has 0 bridgehead atoms. The van der Waals surface area contributed by atoms with Gasteiger partial charge in [0.05, 0.1) is 18.0 Å². The van der Waals surface area contributed by atoms with Gasteiger partial charge in [-0.2, -0.15) is 0 Å². The van der Waals surface area contributed by atoms with Crippen molar-refractivity contribution in [2.45, 2.75) is 39.0 Å². The van der Waals surface area contributed by atoms with Crippen LogP contribution in [0.1, 0.15) is 36.1 Å². The molecule has 3 nitrogen and oxygen atoms in total. The molecule has 3 heteroatoms. The van der Waals surface area contributed by atoms with Gasteiger partial charge in [-0.15, -0.1) is 0 Å². The molecule has 1 aromatic heterocycles. The van der Waals surface area contributed by atoms with Crippen LogP contribution in [0, 0.1) is 6.92 Å². The molecule has 0 radical (unpaired) electrons. The molecular weight excluding hydrogens is 238 g/mol. The van der Waals surface area contributed by atoms with Gasteiger partial charge < -0.3 is 9.72 Å². The Kier molecular flexibility index (Phi) is 3.05. The largest absolute Gasteiger partial charge is 0.495 e. The zero-order valence-corrected chi connectivity index (χ0v) is 11.5. The second-order valence-corrected chi connectivity index (χ2v) is 5.31. The summed E-state index contributed by atoms with van der Waals surface area (Å²) in [5.74, 6) is 0.754. The maximum atomic E-state index is 12.7. The molecule has 0 unspecified atom stereocenters. The first-order valence-corrected chi connectivity index (χ1v) is 6.93. The van der Waals surface area contributed by atoms with Crippen molar-refractivity contribution >= 4 is 10.9 Å². The van der Waals surface area contributed by atoms with E-state index in [1.807, 2.05) is 19.1 Å². The number of nitrogens with one attached hydrogen (secondary N) is 1. The molecule has 0 fully saturated rings. The van der Waals surface area contributed by atoms with Crippen LogP contribution in [0.4, 0.5) is 0 Å². The first-order valence-electron chi connectivity index (χ1n) is 6.93. The van der Waals surface area contributed by atoms with Gasteiger partial charge in [-0.05, 0) is 44.2 Å². The Hall–Kier alpha value is -1.77. The first kappa shape index (κ1) is 12.3. The van der Waals surface area contributed by atoms with E-state index in [1.54, 1.807) is 7.11 Å². The van der Waals surface area contributed by atoms with Gasteiger partial charge in [0, 0.05) is 11.3 Å². The fraction of sp³-hybridized carbons (Fsp3) is 0.438. The van der Waals surface area contributed by atoms with E-state index < -0.39 is 0 Å². The zero-order chi connectivity index (χ0) is 13.4. The van der Waals surface area contributed by atoms with Gasteiger partial charge in [0.2, 0.25) is 0 Å². The van der Waals surface area contributed by atoms with Gasteiger partial charge in [0.25, 0.3) is 0 Å². The van der Waals surface area contributed by atoms with E-state index >= 15 is 0 Å². The average Bonchev–Trinajstić information content (AvgIpc) is 2.64. The van der Waals surface area contributed by atoms with Gasteiger partial charge in [0.15, 0.2) is 5.43 Å². The number of aryl methyl sites for hydroxylation is 2. The molecule has 0 amide bonds. The fourth-order valence-electron chi connectivity index (χ4n) is 3.05. The summed E-state index contributed by atoms with van der Waals surface area (Å²) >= 11 is 0. The number of rotatable bonds is 1. The smallest absolute Gasteiger partial charge is 0.193 e. The zero-order valence-electron chi connectivity index (χ0n) is 11.5. The number of ether oxygens (including phenoxy) is 1. The lowest BCUT2D eigenvalue weighted by atomic mass is 10.0. The van der Waals surface area contributed by atoms with E-state index in [-0.39, 0.29) is 5.43 Å². The molecule has 3 rings (SSSR count). The van der Waals surface area contributed by atoms with Crippen LogP contribution in [0.5, 0.6) is 5.75 Å². The molecule has 1 aliphatic carbocycles. The minimum atomic E-state index is 0.196. The number of aromatic amines is 1. The summed E-state index contributed by atoms with van der Waals surface area (Å²) in [6.07, 6.45) is 5.34. The van der Waals surface area contributed by atoms with Crippen LogP contribution in [0.2, 0.25) is 0 Å². The standard InChI is InChI=1S/C16H19NO2/c1-10-8-9-13(19-2)15-14(10)16(18)11-6-4-3-5-7-12(11)17-15/h8-9H,3-7H2,1-2H3,(H,17,18). The molecule has 0 saturated carbocycles. The third-order valence-corrected chi connectivity index (χ3v) is 4.09. The van der Waals surface area contributed by atoms with Gasteiger partial charge in [-0.3, -0.25) is 4.79 Å². The number of H-pyrrole nitrogens is 1. The maximum Gasteiger partial charge on any atom is 0.193 e. The minimum Gasteiger partial charge on any atom is -0.495 e. The summed E-state index contributed by atoms with van der Waals surface area (Å²) in [7, 11) is 1.65. The van der Waals surface area contributed by atoms with Gasteiger partial charge in [0.1, 0.15) is 5.75 Å². The van der Waals surface area contributed by atoms with Crippen LogP contribution in [0.3, 0.4) is 0 Å². The Balaban J connectivity index is 2.40. The highest BCUT2D eigenvalue weighted by Crippen LogP contribution is 2.27.